The van der Waals surface area contributed by atoms with E-state index in [4.69, 9.17) is 9.90 Å². The highest BCUT2D eigenvalue weighted by atomic mass is 79.9. The quantitative estimate of drug-likeness (QED) is 0.813. The van der Waals surface area contributed by atoms with Crippen LogP contribution >= 0.6 is 15.9 Å². The van der Waals surface area contributed by atoms with Crippen LogP contribution in [0.5, 0.6) is 0 Å². The number of aromatic nitrogens is 1. The Hall–Kier alpha value is -0.900. The first-order valence-electron chi connectivity index (χ1n) is 3.81. The van der Waals surface area contributed by atoms with Gasteiger partial charge in [-0.05, 0) is 18.1 Å². The lowest BCUT2D eigenvalue weighted by molar-refractivity contribution is -0.134. The maximum absolute atomic E-state index is 9.00. The van der Waals surface area contributed by atoms with E-state index in [0.717, 1.165) is 18.7 Å². The molecule has 0 aliphatic heterocycles. The van der Waals surface area contributed by atoms with Crippen molar-refractivity contribution < 1.29 is 9.90 Å². The smallest absolute Gasteiger partial charge is 0.300 e. The second kappa shape index (κ2) is 7.73. The van der Waals surface area contributed by atoms with Crippen molar-refractivity contribution >= 4 is 21.9 Å². The van der Waals surface area contributed by atoms with Gasteiger partial charge in [0.15, 0.2) is 0 Å². The van der Waals surface area contributed by atoms with E-state index < -0.39 is 5.97 Å². The Morgan fingerprint density at radius 2 is 2.31 bits per heavy atom. The first kappa shape index (κ1) is 12.1. The molecule has 4 heteroatoms. The van der Waals surface area contributed by atoms with Crippen molar-refractivity contribution in [3.05, 3.63) is 30.1 Å². The molecule has 0 atom stereocenters. The molecule has 1 rings (SSSR count). The molecule has 0 bridgehead atoms. The lowest BCUT2D eigenvalue weighted by atomic mass is 10.2. The third-order valence-corrected chi connectivity index (χ3v) is 1.50. The van der Waals surface area contributed by atoms with Crippen molar-refractivity contribution in [3.8, 4) is 0 Å². The SMILES string of the molecule is BrCCc1cccnc1.CC(=O)O. The highest BCUT2D eigenvalue weighted by Crippen LogP contribution is 1.98. The van der Waals surface area contributed by atoms with Crippen molar-refractivity contribution in [2.45, 2.75) is 13.3 Å². The molecule has 0 radical (unpaired) electrons. The van der Waals surface area contributed by atoms with Gasteiger partial charge in [-0.3, -0.25) is 9.78 Å². The molecule has 0 fully saturated rings. The van der Waals surface area contributed by atoms with Crippen LogP contribution in [-0.4, -0.2) is 21.4 Å². The zero-order chi connectivity index (χ0) is 10.1. The monoisotopic (exact) mass is 245 g/mol. The fourth-order valence-electron chi connectivity index (χ4n) is 0.655. The van der Waals surface area contributed by atoms with E-state index in [9.17, 15) is 0 Å². The van der Waals surface area contributed by atoms with Crippen LogP contribution in [0.1, 0.15) is 12.5 Å². The van der Waals surface area contributed by atoms with Gasteiger partial charge in [0.2, 0.25) is 0 Å². The van der Waals surface area contributed by atoms with Crippen LogP contribution in [0.4, 0.5) is 0 Å². The molecule has 0 aliphatic carbocycles. The molecule has 0 unspecified atom stereocenters. The summed E-state index contributed by atoms with van der Waals surface area (Å²) in [4.78, 5) is 13.0. The molecule has 0 amide bonds. The first-order valence-corrected chi connectivity index (χ1v) is 4.93. The summed E-state index contributed by atoms with van der Waals surface area (Å²) in [7, 11) is 0. The number of nitrogens with zero attached hydrogens (tertiary/aromatic N) is 1. The Labute approximate surface area is 85.9 Å². The molecular weight excluding hydrogens is 234 g/mol. The van der Waals surface area contributed by atoms with Crippen LogP contribution in [0.2, 0.25) is 0 Å². The van der Waals surface area contributed by atoms with Gasteiger partial charge in [-0.2, -0.15) is 0 Å². The van der Waals surface area contributed by atoms with Crippen LogP contribution in [0.15, 0.2) is 24.5 Å². The molecule has 3 nitrogen and oxygen atoms in total. The molecule has 1 aromatic rings. The van der Waals surface area contributed by atoms with Crippen LogP contribution in [0.25, 0.3) is 0 Å². The first-order chi connectivity index (χ1) is 6.16. The number of hydrogen-bond donors (Lipinski definition) is 1. The van der Waals surface area contributed by atoms with E-state index >= 15 is 0 Å². The van der Waals surface area contributed by atoms with Gasteiger partial charge in [0, 0.05) is 24.6 Å². The average Bonchev–Trinajstić information content (AvgIpc) is 2.06. The van der Waals surface area contributed by atoms with Crippen LogP contribution in [0.3, 0.4) is 0 Å². The highest BCUT2D eigenvalue weighted by molar-refractivity contribution is 9.09. The molecular formula is C9H12BrNO2. The second-order valence-electron chi connectivity index (χ2n) is 2.32. The van der Waals surface area contributed by atoms with Gasteiger partial charge in [-0.15, -0.1) is 0 Å². The van der Waals surface area contributed by atoms with Crippen molar-refractivity contribution in [1.82, 2.24) is 4.98 Å². The summed E-state index contributed by atoms with van der Waals surface area (Å²) < 4.78 is 0. The molecule has 0 saturated carbocycles. The van der Waals surface area contributed by atoms with E-state index in [1.165, 1.54) is 5.56 Å². The van der Waals surface area contributed by atoms with Crippen molar-refractivity contribution in [1.29, 1.82) is 0 Å². The number of carboxylic acids is 1. The lowest BCUT2D eigenvalue weighted by Gasteiger charge is -1.92. The van der Waals surface area contributed by atoms with Gasteiger partial charge in [0.1, 0.15) is 0 Å². The summed E-state index contributed by atoms with van der Waals surface area (Å²) in [6, 6.07) is 4.03. The number of rotatable bonds is 2. The van der Waals surface area contributed by atoms with Gasteiger partial charge in [-0.25, -0.2) is 0 Å². The largest absolute Gasteiger partial charge is 0.481 e. The molecule has 72 valence electrons. The number of carbonyl (C=O) groups is 1. The van der Waals surface area contributed by atoms with E-state index in [-0.39, 0.29) is 0 Å². The van der Waals surface area contributed by atoms with E-state index in [0.29, 0.717) is 0 Å². The normalized spacial score (nSPS) is 8.46. The predicted octanol–water partition coefficient (Wildman–Crippen LogP) is 2.11. The van der Waals surface area contributed by atoms with Crippen LogP contribution in [-0.2, 0) is 11.2 Å². The molecule has 1 heterocycles. The van der Waals surface area contributed by atoms with Gasteiger partial charge in [0.25, 0.3) is 5.97 Å². The van der Waals surface area contributed by atoms with Crippen molar-refractivity contribution in [3.63, 3.8) is 0 Å². The summed E-state index contributed by atoms with van der Waals surface area (Å²) in [6.45, 7) is 1.08. The number of pyridine rings is 1. The Morgan fingerprint density at radius 1 is 1.69 bits per heavy atom. The minimum absolute atomic E-state index is 0.833. The second-order valence-corrected chi connectivity index (χ2v) is 3.11. The van der Waals surface area contributed by atoms with E-state index in [2.05, 4.69) is 27.0 Å². The fourth-order valence-corrected chi connectivity index (χ4v) is 1.11. The van der Waals surface area contributed by atoms with Gasteiger partial charge < -0.3 is 5.11 Å². The number of alkyl halides is 1. The zero-order valence-corrected chi connectivity index (χ0v) is 8.99. The molecule has 1 N–H and O–H groups in total. The minimum atomic E-state index is -0.833. The van der Waals surface area contributed by atoms with Gasteiger partial charge in [0.05, 0.1) is 0 Å². The Morgan fingerprint density at radius 3 is 2.69 bits per heavy atom. The summed E-state index contributed by atoms with van der Waals surface area (Å²) in [5.74, 6) is -0.833. The molecule has 0 aromatic carbocycles. The summed E-state index contributed by atoms with van der Waals surface area (Å²) in [6.07, 6.45) is 4.74. The summed E-state index contributed by atoms with van der Waals surface area (Å²) in [5, 5.41) is 8.43. The molecule has 13 heavy (non-hydrogen) atoms. The molecule has 0 spiro atoms. The van der Waals surface area contributed by atoms with E-state index in [1.807, 2.05) is 12.3 Å². The lowest BCUT2D eigenvalue weighted by Crippen LogP contribution is -1.84. The van der Waals surface area contributed by atoms with Crippen molar-refractivity contribution in [2.75, 3.05) is 5.33 Å². The Bertz CT molecular complexity index is 235. The summed E-state index contributed by atoms with van der Waals surface area (Å²) >= 11 is 3.36. The van der Waals surface area contributed by atoms with Crippen LogP contribution < -0.4 is 0 Å². The van der Waals surface area contributed by atoms with Gasteiger partial charge >= 0.3 is 0 Å². The number of aliphatic carboxylic acids is 1. The summed E-state index contributed by atoms with van der Waals surface area (Å²) in [5.41, 5.74) is 1.29. The number of hydrogen-bond acceptors (Lipinski definition) is 2. The third-order valence-electron chi connectivity index (χ3n) is 1.11. The minimum Gasteiger partial charge on any atom is -0.481 e. The number of halogens is 1. The number of carboxylic acid groups (broad SMARTS) is 1. The Balaban J connectivity index is 0.000000310. The maximum atomic E-state index is 9.00. The predicted molar refractivity (Wildman–Crippen MR) is 55.0 cm³/mol. The highest BCUT2D eigenvalue weighted by Gasteiger charge is 1.86. The fraction of sp³-hybridized carbons (Fsp3) is 0.333. The average molecular weight is 246 g/mol. The number of aryl methyl sites for hydroxylation is 1. The molecule has 0 saturated heterocycles. The van der Waals surface area contributed by atoms with E-state index in [1.54, 1.807) is 6.20 Å². The maximum Gasteiger partial charge on any atom is 0.300 e. The van der Waals surface area contributed by atoms with Crippen molar-refractivity contribution in [2.24, 2.45) is 0 Å². The van der Waals surface area contributed by atoms with Gasteiger partial charge in [-0.1, -0.05) is 22.0 Å². The third kappa shape index (κ3) is 9.01. The molecule has 0 aliphatic rings. The van der Waals surface area contributed by atoms with Crippen LogP contribution in [0, 0.1) is 0 Å². The standard InChI is InChI=1S/C7H8BrN.C2H4O2/c8-4-3-7-2-1-5-9-6-7;1-2(3)4/h1-2,5-6H,3-4H2;1H3,(H,3,4). The molecule has 1 aromatic heterocycles. The topological polar surface area (TPSA) is 50.2 Å². The Kier molecular flexibility index (Phi) is 7.20. The zero-order valence-electron chi connectivity index (χ0n) is 7.40.